The molecule has 0 rings (SSSR count). The van der Waals surface area contributed by atoms with Crippen molar-refractivity contribution >= 4 is 0 Å². The van der Waals surface area contributed by atoms with Crippen molar-refractivity contribution in [3.05, 3.63) is 0 Å². The Balaban J connectivity index is 3.71. The number of hydrogen-bond acceptors (Lipinski definition) is 3. The lowest BCUT2D eigenvalue weighted by molar-refractivity contribution is 0.235. The van der Waals surface area contributed by atoms with Gasteiger partial charge in [0.2, 0.25) is 0 Å². The van der Waals surface area contributed by atoms with Gasteiger partial charge in [0.1, 0.15) is 0 Å². The van der Waals surface area contributed by atoms with Crippen LogP contribution in [0.5, 0.6) is 0 Å². The second-order valence-electron chi connectivity index (χ2n) is 6.64. The van der Waals surface area contributed by atoms with Crippen LogP contribution < -0.4 is 5.73 Å². The summed E-state index contributed by atoms with van der Waals surface area (Å²) in [5.74, 6) is 0. The van der Waals surface area contributed by atoms with E-state index in [0.717, 1.165) is 6.54 Å². The predicted molar refractivity (Wildman–Crippen MR) is 91.2 cm³/mol. The second kappa shape index (κ2) is 11.5. The third-order valence-electron chi connectivity index (χ3n) is 4.42. The van der Waals surface area contributed by atoms with Gasteiger partial charge in [-0.15, -0.1) is 0 Å². The third-order valence-corrected chi connectivity index (χ3v) is 4.42. The Morgan fingerprint density at radius 2 is 1.25 bits per heavy atom. The standard InChI is InChI=1S/C17H39N3/c1-6-19(7-2)14-11-15-20(8-3)13-10-9-12-17(4,5)16-18/h6-16,18H2,1-5H3. The van der Waals surface area contributed by atoms with Crippen LogP contribution in [0.3, 0.4) is 0 Å². The van der Waals surface area contributed by atoms with E-state index in [-0.39, 0.29) is 0 Å². The van der Waals surface area contributed by atoms with Gasteiger partial charge in [-0.3, -0.25) is 0 Å². The minimum absolute atomic E-state index is 0.319. The van der Waals surface area contributed by atoms with Gasteiger partial charge in [-0.2, -0.15) is 0 Å². The first-order valence-corrected chi connectivity index (χ1v) is 8.63. The fourth-order valence-electron chi connectivity index (χ4n) is 2.53. The van der Waals surface area contributed by atoms with Crippen LogP contribution in [-0.4, -0.2) is 55.6 Å². The van der Waals surface area contributed by atoms with Gasteiger partial charge < -0.3 is 15.5 Å². The fourth-order valence-corrected chi connectivity index (χ4v) is 2.53. The first-order valence-electron chi connectivity index (χ1n) is 8.63. The first-order chi connectivity index (χ1) is 9.49. The summed E-state index contributed by atoms with van der Waals surface area (Å²) in [5, 5.41) is 0. The molecule has 0 spiro atoms. The maximum atomic E-state index is 5.78. The molecule has 0 radical (unpaired) electrons. The van der Waals surface area contributed by atoms with E-state index in [9.17, 15) is 0 Å². The highest BCUT2D eigenvalue weighted by atomic mass is 15.1. The van der Waals surface area contributed by atoms with Gasteiger partial charge in [0.15, 0.2) is 0 Å². The largest absolute Gasteiger partial charge is 0.330 e. The highest BCUT2D eigenvalue weighted by Gasteiger charge is 2.14. The molecule has 3 nitrogen and oxygen atoms in total. The summed E-state index contributed by atoms with van der Waals surface area (Å²) in [7, 11) is 0. The van der Waals surface area contributed by atoms with Crippen LogP contribution >= 0.6 is 0 Å². The second-order valence-corrected chi connectivity index (χ2v) is 6.64. The molecule has 0 unspecified atom stereocenters. The van der Waals surface area contributed by atoms with Gasteiger partial charge in [0, 0.05) is 0 Å². The Morgan fingerprint density at radius 3 is 1.75 bits per heavy atom. The topological polar surface area (TPSA) is 32.5 Å². The van der Waals surface area contributed by atoms with Crippen molar-refractivity contribution in [1.29, 1.82) is 0 Å². The molecule has 0 saturated carbocycles. The molecule has 0 saturated heterocycles. The van der Waals surface area contributed by atoms with Gasteiger partial charge in [0.25, 0.3) is 0 Å². The van der Waals surface area contributed by atoms with Gasteiger partial charge in [-0.1, -0.05) is 41.0 Å². The van der Waals surface area contributed by atoms with E-state index >= 15 is 0 Å². The predicted octanol–water partition coefficient (Wildman–Crippen LogP) is 3.20. The highest BCUT2D eigenvalue weighted by Crippen LogP contribution is 2.21. The van der Waals surface area contributed by atoms with E-state index in [1.807, 2.05) is 0 Å². The van der Waals surface area contributed by atoms with Gasteiger partial charge in [-0.25, -0.2) is 0 Å². The van der Waals surface area contributed by atoms with Crippen molar-refractivity contribution in [2.24, 2.45) is 11.1 Å². The van der Waals surface area contributed by atoms with Crippen molar-refractivity contribution < 1.29 is 0 Å². The molecule has 0 aliphatic heterocycles. The minimum atomic E-state index is 0.319. The summed E-state index contributed by atoms with van der Waals surface area (Å²) in [6.07, 6.45) is 5.16. The molecule has 20 heavy (non-hydrogen) atoms. The summed E-state index contributed by atoms with van der Waals surface area (Å²) in [6, 6.07) is 0. The zero-order valence-electron chi connectivity index (χ0n) is 14.7. The van der Waals surface area contributed by atoms with Crippen molar-refractivity contribution in [2.75, 3.05) is 45.8 Å². The lowest BCUT2D eigenvalue weighted by Gasteiger charge is -2.25. The molecule has 0 atom stereocenters. The van der Waals surface area contributed by atoms with E-state index < -0.39 is 0 Å². The zero-order valence-corrected chi connectivity index (χ0v) is 14.7. The van der Waals surface area contributed by atoms with Crippen molar-refractivity contribution in [1.82, 2.24) is 9.80 Å². The Kier molecular flexibility index (Phi) is 11.5. The SMILES string of the molecule is CCN(CC)CCCN(CC)CCCCC(C)(C)CN. The Bertz CT molecular complexity index is 212. The Morgan fingerprint density at radius 1 is 0.750 bits per heavy atom. The van der Waals surface area contributed by atoms with Gasteiger partial charge in [0.05, 0.1) is 0 Å². The lowest BCUT2D eigenvalue weighted by atomic mass is 9.87. The van der Waals surface area contributed by atoms with E-state index in [1.54, 1.807) is 0 Å². The van der Waals surface area contributed by atoms with Crippen LogP contribution in [-0.2, 0) is 0 Å². The minimum Gasteiger partial charge on any atom is -0.330 e. The monoisotopic (exact) mass is 285 g/mol. The molecule has 3 heteroatoms. The number of rotatable bonds is 13. The lowest BCUT2D eigenvalue weighted by Crippen LogP contribution is -2.31. The average Bonchev–Trinajstić information content (AvgIpc) is 2.45. The molecule has 122 valence electrons. The Labute approximate surface area is 127 Å². The summed E-state index contributed by atoms with van der Waals surface area (Å²) in [6.45, 7) is 19.4. The molecule has 0 aliphatic carbocycles. The molecule has 0 heterocycles. The molecule has 0 aliphatic rings. The number of hydrogen-bond donors (Lipinski definition) is 1. The van der Waals surface area contributed by atoms with Crippen LogP contribution in [0.4, 0.5) is 0 Å². The van der Waals surface area contributed by atoms with Crippen LogP contribution in [0.2, 0.25) is 0 Å². The summed E-state index contributed by atoms with van der Waals surface area (Å²) in [5.41, 5.74) is 6.10. The molecule has 0 fully saturated rings. The molecule has 0 aromatic carbocycles. The van der Waals surface area contributed by atoms with Crippen molar-refractivity contribution in [3.63, 3.8) is 0 Å². The fraction of sp³-hybridized carbons (Fsp3) is 1.00. The van der Waals surface area contributed by atoms with Crippen LogP contribution in [0, 0.1) is 5.41 Å². The van der Waals surface area contributed by atoms with E-state index in [4.69, 9.17) is 5.73 Å². The number of unbranched alkanes of at least 4 members (excludes halogenated alkanes) is 1. The maximum Gasteiger partial charge on any atom is -0.000666 e. The van der Waals surface area contributed by atoms with Crippen molar-refractivity contribution in [2.45, 2.75) is 60.3 Å². The number of nitrogens with two attached hydrogens (primary N) is 1. The van der Waals surface area contributed by atoms with E-state index in [0.29, 0.717) is 5.41 Å². The van der Waals surface area contributed by atoms with Crippen LogP contribution in [0.25, 0.3) is 0 Å². The molecule has 0 aromatic heterocycles. The quantitative estimate of drug-likeness (QED) is 0.528. The molecule has 0 amide bonds. The van der Waals surface area contributed by atoms with Gasteiger partial charge >= 0.3 is 0 Å². The molecule has 0 aromatic rings. The maximum absolute atomic E-state index is 5.78. The Hall–Kier alpha value is -0.120. The summed E-state index contributed by atoms with van der Waals surface area (Å²) >= 11 is 0. The average molecular weight is 286 g/mol. The third kappa shape index (κ3) is 9.73. The smallest absolute Gasteiger partial charge is 0.000666 e. The first kappa shape index (κ1) is 19.9. The molecule has 2 N–H and O–H groups in total. The normalized spacial score (nSPS) is 12.6. The van der Waals surface area contributed by atoms with Crippen LogP contribution in [0.1, 0.15) is 60.3 Å². The zero-order chi connectivity index (χ0) is 15.4. The van der Waals surface area contributed by atoms with Gasteiger partial charge in [-0.05, 0) is 70.5 Å². The molecule has 0 bridgehead atoms. The van der Waals surface area contributed by atoms with E-state index in [1.165, 1.54) is 65.0 Å². The van der Waals surface area contributed by atoms with Crippen molar-refractivity contribution in [3.8, 4) is 0 Å². The molecular formula is C17H39N3. The van der Waals surface area contributed by atoms with Crippen LogP contribution in [0.15, 0.2) is 0 Å². The van der Waals surface area contributed by atoms with E-state index in [2.05, 4.69) is 44.4 Å². The summed E-state index contributed by atoms with van der Waals surface area (Å²) < 4.78 is 0. The number of nitrogens with zero attached hydrogens (tertiary/aromatic N) is 2. The highest BCUT2D eigenvalue weighted by molar-refractivity contribution is 4.69. The molecular weight excluding hydrogens is 246 g/mol. The summed E-state index contributed by atoms with van der Waals surface area (Å²) in [4.78, 5) is 5.11.